The lowest BCUT2D eigenvalue weighted by atomic mass is 10.1. The topological polar surface area (TPSA) is 33.2 Å². The molecule has 2 heterocycles. The largest absolute Gasteiger partial charge is 0.337 e. The van der Waals surface area contributed by atoms with Gasteiger partial charge in [0.15, 0.2) is 0 Å². The summed E-state index contributed by atoms with van der Waals surface area (Å²) >= 11 is 1.66. The van der Waals surface area contributed by atoms with E-state index in [0.29, 0.717) is 6.54 Å². The van der Waals surface area contributed by atoms with Crippen molar-refractivity contribution >= 4 is 28.1 Å². The molecule has 0 saturated heterocycles. The van der Waals surface area contributed by atoms with Crippen molar-refractivity contribution in [1.29, 1.82) is 0 Å². The van der Waals surface area contributed by atoms with Gasteiger partial charge in [0.2, 0.25) is 0 Å². The Kier molecular flexibility index (Phi) is 3.71. The van der Waals surface area contributed by atoms with Crippen LogP contribution in [0.4, 0.5) is 0 Å². The first kappa shape index (κ1) is 13.8. The number of aryl methyl sites for hydroxylation is 1. The van der Waals surface area contributed by atoms with E-state index in [4.69, 9.17) is 0 Å². The lowest BCUT2D eigenvalue weighted by molar-refractivity contribution is 0.0788. The summed E-state index contributed by atoms with van der Waals surface area (Å²) in [5.41, 5.74) is 2.45. The van der Waals surface area contributed by atoms with E-state index >= 15 is 0 Å². The molecule has 0 aliphatic carbocycles. The third-order valence-electron chi connectivity index (χ3n) is 3.39. The third kappa shape index (κ3) is 2.81. The molecule has 2 aromatic heterocycles. The fraction of sp³-hybridized carbons (Fsp3) is 0.176. The molecule has 0 saturated carbocycles. The lowest BCUT2D eigenvalue weighted by Crippen LogP contribution is -2.26. The van der Waals surface area contributed by atoms with Crippen molar-refractivity contribution in [2.45, 2.75) is 13.5 Å². The molecule has 0 spiro atoms. The first-order valence-electron chi connectivity index (χ1n) is 6.79. The molecule has 3 rings (SSSR count). The second-order valence-corrected chi connectivity index (χ2v) is 6.10. The SMILES string of the molecule is Cc1cc(C(=O)N(C)Cc2cccs2)c2ccccc2n1. The molecule has 21 heavy (non-hydrogen) atoms. The van der Waals surface area contributed by atoms with Crippen LogP contribution in [0.15, 0.2) is 47.8 Å². The van der Waals surface area contributed by atoms with Crippen molar-refractivity contribution in [3.63, 3.8) is 0 Å². The second-order valence-electron chi connectivity index (χ2n) is 5.07. The molecule has 3 aromatic rings. The summed E-state index contributed by atoms with van der Waals surface area (Å²) < 4.78 is 0. The molecule has 106 valence electrons. The van der Waals surface area contributed by atoms with Crippen LogP contribution in [-0.2, 0) is 6.54 Å². The van der Waals surface area contributed by atoms with E-state index in [1.54, 1.807) is 16.2 Å². The zero-order valence-corrected chi connectivity index (χ0v) is 12.9. The summed E-state index contributed by atoms with van der Waals surface area (Å²) in [4.78, 5) is 20.2. The molecule has 1 amide bonds. The van der Waals surface area contributed by atoms with Crippen LogP contribution >= 0.6 is 11.3 Å². The molecule has 0 atom stereocenters. The highest BCUT2D eigenvalue weighted by atomic mass is 32.1. The zero-order valence-electron chi connectivity index (χ0n) is 12.0. The highest BCUT2D eigenvalue weighted by Gasteiger charge is 2.16. The molecule has 0 N–H and O–H groups in total. The first-order valence-corrected chi connectivity index (χ1v) is 7.67. The molecule has 0 bridgehead atoms. The molecular weight excluding hydrogens is 280 g/mol. The number of aromatic nitrogens is 1. The smallest absolute Gasteiger partial charge is 0.254 e. The zero-order chi connectivity index (χ0) is 14.8. The van der Waals surface area contributed by atoms with Crippen LogP contribution < -0.4 is 0 Å². The van der Waals surface area contributed by atoms with Crippen molar-refractivity contribution in [3.05, 3.63) is 64.0 Å². The number of hydrogen-bond donors (Lipinski definition) is 0. The predicted molar refractivity (Wildman–Crippen MR) is 86.6 cm³/mol. The molecule has 0 aliphatic rings. The molecule has 0 aliphatic heterocycles. The maximum atomic E-state index is 12.7. The van der Waals surface area contributed by atoms with Gasteiger partial charge in [0.1, 0.15) is 0 Å². The Morgan fingerprint density at radius 2 is 2.05 bits per heavy atom. The van der Waals surface area contributed by atoms with Gasteiger partial charge < -0.3 is 4.90 Å². The number of pyridine rings is 1. The number of carbonyl (C=O) groups excluding carboxylic acids is 1. The van der Waals surface area contributed by atoms with Crippen LogP contribution in [0, 0.1) is 6.92 Å². The van der Waals surface area contributed by atoms with Gasteiger partial charge in [-0.25, -0.2) is 0 Å². The fourth-order valence-electron chi connectivity index (χ4n) is 2.40. The minimum absolute atomic E-state index is 0.0325. The highest BCUT2D eigenvalue weighted by Crippen LogP contribution is 2.21. The Hall–Kier alpha value is -2.20. The number of fused-ring (bicyclic) bond motifs is 1. The number of hydrogen-bond acceptors (Lipinski definition) is 3. The molecule has 0 radical (unpaired) electrons. The second kappa shape index (κ2) is 5.66. The van der Waals surface area contributed by atoms with Gasteiger partial charge in [-0.3, -0.25) is 9.78 Å². The van der Waals surface area contributed by atoms with Crippen LogP contribution in [0.25, 0.3) is 10.9 Å². The molecular formula is C17H16N2OS. The van der Waals surface area contributed by atoms with Crippen molar-refractivity contribution in [2.75, 3.05) is 7.05 Å². The van der Waals surface area contributed by atoms with Crippen LogP contribution in [0.2, 0.25) is 0 Å². The van der Waals surface area contributed by atoms with Crippen molar-refractivity contribution in [3.8, 4) is 0 Å². The molecule has 0 unspecified atom stereocenters. The molecule has 3 nitrogen and oxygen atoms in total. The first-order chi connectivity index (χ1) is 10.1. The van der Waals surface area contributed by atoms with Crippen LogP contribution in [0.5, 0.6) is 0 Å². The maximum absolute atomic E-state index is 12.7. The van der Waals surface area contributed by atoms with Crippen LogP contribution in [-0.4, -0.2) is 22.8 Å². The van der Waals surface area contributed by atoms with E-state index in [2.05, 4.69) is 4.98 Å². The van der Waals surface area contributed by atoms with Crippen LogP contribution in [0.3, 0.4) is 0 Å². The Morgan fingerprint density at radius 3 is 2.81 bits per heavy atom. The Morgan fingerprint density at radius 1 is 1.24 bits per heavy atom. The lowest BCUT2D eigenvalue weighted by Gasteiger charge is -2.17. The van der Waals surface area contributed by atoms with Crippen molar-refractivity contribution in [1.82, 2.24) is 9.88 Å². The number of thiophene rings is 1. The van der Waals surface area contributed by atoms with E-state index in [1.165, 1.54) is 4.88 Å². The highest BCUT2D eigenvalue weighted by molar-refractivity contribution is 7.09. The maximum Gasteiger partial charge on any atom is 0.254 e. The summed E-state index contributed by atoms with van der Waals surface area (Å²) in [6, 6.07) is 13.7. The van der Waals surface area contributed by atoms with Crippen molar-refractivity contribution in [2.24, 2.45) is 0 Å². The van der Waals surface area contributed by atoms with E-state index in [-0.39, 0.29) is 5.91 Å². The number of nitrogens with zero attached hydrogens (tertiary/aromatic N) is 2. The van der Waals surface area contributed by atoms with E-state index in [9.17, 15) is 4.79 Å². The van der Waals surface area contributed by atoms with Gasteiger partial charge in [-0.2, -0.15) is 0 Å². The number of rotatable bonds is 3. The summed E-state index contributed by atoms with van der Waals surface area (Å²) in [6.07, 6.45) is 0. The van der Waals surface area contributed by atoms with Gasteiger partial charge in [0.05, 0.1) is 17.6 Å². The fourth-order valence-corrected chi connectivity index (χ4v) is 3.16. The minimum Gasteiger partial charge on any atom is -0.337 e. The summed E-state index contributed by atoms with van der Waals surface area (Å²) in [5.74, 6) is 0.0325. The number of benzene rings is 1. The van der Waals surface area contributed by atoms with Gasteiger partial charge >= 0.3 is 0 Å². The Labute approximate surface area is 127 Å². The number of amides is 1. The summed E-state index contributed by atoms with van der Waals surface area (Å²) in [6.45, 7) is 2.55. The average molecular weight is 296 g/mol. The van der Waals surface area contributed by atoms with Gasteiger partial charge in [-0.15, -0.1) is 11.3 Å². The van der Waals surface area contributed by atoms with Gasteiger partial charge in [-0.05, 0) is 30.5 Å². The Bertz CT molecular complexity index is 781. The Balaban J connectivity index is 1.97. The van der Waals surface area contributed by atoms with Crippen molar-refractivity contribution < 1.29 is 4.79 Å². The summed E-state index contributed by atoms with van der Waals surface area (Å²) in [5, 5.41) is 2.94. The number of para-hydroxylation sites is 1. The molecule has 0 fully saturated rings. The van der Waals surface area contributed by atoms with E-state index in [1.807, 2.05) is 61.8 Å². The van der Waals surface area contributed by atoms with Gasteiger partial charge in [-0.1, -0.05) is 24.3 Å². The standard InChI is InChI=1S/C17H16N2OS/c1-12-10-15(14-7-3-4-8-16(14)18-12)17(20)19(2)11-13-6-5-9-21-13/h3-10H,11H2,1-2H3. The molecule has 4 heteroatoms. The quantitative estimate of drug-likeness (QED) is 0.735. The molecule has 1 aromatic carbocycles. The van der Waals surface area contributed by atoms with Gasteiger partial charge in [0, 0.05) is 23.0 Å². The average Bonchev–Trinajstić information content (AvgIpc) is 2.98. The van der Waals surface area contributed by atoms with E-state index in [0.717, 1.165) is 22.2 Å². The van der Waals surface area contributed by atoms with Crippen LogP contribution in [0.1, 0.15) is 20.9 Å². The third-order valence-corrected chi connectivity index (χ3v) is 4.26. The number of carbonyl (C=O) groups is 1. The predicted octanol–water partition coefficient (Wildman–Crippen LogP) is 3.88. The summed E-state index contributed by atoms with van der Waals surface area (Å²) in [7, 11) is 1.84. The van der Waals surface area contributed by atoms with E-state index < -0.39 is 0 Å². The monoisotopic (exact) mass is 296 g/mol. The normalized spacial score (nSPS) is 10.8. The van der Waals surface area contributed by atoms with Gasteiger partial charge in [0.25, 0.3) is 5.91 Å². The minimum atomic E-state index is 0.0325.